The van der Waals surface area contributed by atoms with Gasteiger partial charge < -0.3 is 9.47 Å². The van der Waals surface area contributed by atoms with Crippen LogP contribution in [0.4, 0.5) is 0 Å². The van der Waals surface area contributed by atoms with Crippen molar-refractivity contribution in [2.24, 2.45) is 0 Å². The first-order valence-corrected chi connectivity index (χ1v) is 3.94. The largest absolute Gasteiger partial charge is 0.477 e. The first-order chi connectivity index (χ1) is 5.86. The van der Waals surface area contributed by atoms with Crippen LogP contribution in [0.25, 0.3) is 0 Å². The SMILES string of the molecule is CCOc1cnc(OCC)cn1. The molecular weight excluding hydrogens is 156 g/mol. The quantitative estimate of drug-likeness (QED) is 0.679. The molecule has 66 valence electrons. The van der Waals surface area contributed by atoms with Crippen molar-refractivity contribution in [3.05, 3.63) is 12.4 Å². The minimum atomic E-state index is 0.529. The Kier molecular flexibility index (Phi) is 3.32. The molecule has 4 nitrogen and oxygen atoms in total. The van der Waals surface area contributed by atoms with Crippen molar-refractivity contribution < 1.29 is 9.47 Å². The molecule has 0 fully saturated rings. The predicted octanol–water partition coefficient (Wildman–Crippen LogP) is 1.27. The van der Waals surface area contributed by atoms with Crippen molar-refractivity contribution >= 4 is 0 Å². The maximum atomic E-state index is 5.11. The normalized spacial score (nSPS) is 9.50. The van der Waals surface area contributed by atoms with Crippen molar-refractivity contribution in [1.82, 2.24) is 9.97 Å². The number of ether oxygens (including phenoxy) is 2. The summed E-state index contributed by atoms with van der Waals surface area (Å²) in [7, 11) is 0. The second-order valence-electron chi connectivity index (χ2n) is 2.06. The van der Waals surface area contributed by atoms with Crippen molar-refractivity contribution in [2.75, 3.05) is 13.2 Å². The summed E-state index contributed by atoms with van der Waals surface area (Å²) in [6.07, 6.45) is 3.10. The lowest BCUT2D eigenvalue weighted by molar-refractivity contribution is 0.308. The van der Waals surface area contributed by atoms with E-state index in [-0.39, 0.29) is 0 Å². The average Bonchev–Trinajstić information content (AvgIpc) is 2.09. The van der Waals surface area contributed by atoms with E-state index in [9.17, 15) is 0 Å². The summed E-state index contributed by atoms with van der Waals surface area (Å²) in [5.74, 6) is 1.06. The zero-order chi connectivity index (χ0) is 8.81. The molecule has 0 atom stereocenters. The first kappa shape index (κ1) is 8.77. The molecule has 1 heterocycles. The van der Waals surface area contributed by atoms with Crippen LogP contribution in [0.5, 0.6) is 11.8 Å². The Bertz CT molecular complexity index is 198. The van der Waals surface area contributed by atoms with Gasteiger partial charge in [-0.2, -0.15) is 0 Å². The zero-order valence-electron chi connectivity index (χ0n) is 7.28. The highest BCUT2D eigenvalue weighted by atomic mass is 16.5. The summed E-state index contributed by atoms with van der Waals surface area (Å²) < 4.78 is 10.2. The van der Waals surface area contributed by atoms with E-state index < -0.39 is 0 Å². The summed E-state index contributed by atoms with van der Waals surface area (Å²) in [5, 5.41) is 0. The molecular formula is C8H12N2O2. The molecule has 0 saturated carbocycles. The monoisotopic (exact) mass is 168 g/mol. The molecule has 0 aliphatic carbocycles. The van der Waals surface area contributed by atoms with Crippen LogP contribution in [0.3, 0.4) is 0 Å². The van der Waals surface area contributed by atoms with E-state index >= 15 is 0 Å². The van der Waals surface area contributed by atoms with E-state index in [2.05, 4.69) is 9.97 Å². The predicted molar refractivity (Wildman–Crippen MR) is 44.4 cm³/mol. The van der Waals surface area contributed by atoms with Gasteiger partial charge in [0.25, 0.3) is 0 Å². The van der Waals surface area contributed by atoms with Crippen LogP contribution in [-0.4, -0.2) is 23.2 Å². The molecule has 0 aromatic carbocycles. The lowest BCUT2D eigenvalue weighted by atomic mass is 10.7. The van der Waals surface area contributed by atoms with Gasteiger partial charge in [0.2, 0.25) is 11.8 Å². The van der Waals surface area contributed by atoms with Gasteiger partial charge in [-0.15, -0.1) is 0 Å². The Morgan fingerprint density at radius 1 is 1.00 bits per heavy atom. The van der Waals surface area contributed by atoms with Crippen LogP contribution in [0.15, 0.2) is 12.4 Å². The summed E-state index contributed by atoms with van der Waals surface area (Å²) in [5.41, 5.74) is 0. The molecule has 0 radical (unpaired) electrons. The van der Waals surface area contributed by atoms with Crippen LogP contribution in [0.2, 0.25) is 0 Å². The van der Waals surface area contributed by atoms with Gasteiger partial charge in [0.15, 0.2) is 0 Å². The molecule has 0 N–H and O–H groups in total. The fourth-order valence-corrected chi connectivity index (χ4v) is 0.749. The molecule has 1 aromatic rings. The minimum absolute atomic E-state index is 0.529. The Labute approximate surface area is 71.6 Å². The van der Waals surface area contributed by atoms with Crippen molar-refractivity contribution in [3.63, 3.8) is 0 Å². The van der Waals surface area contributed by atoms with Crippen LogP contribution in [0, 0.1) is 0 Å². The standard InChI is InChI=1S/C8H12N2O2/c1-3-11-7-5-10-8(6-9-7)12-4-2/h5-6H,3-4H2,1-2H3. The number of hydrogen-bond donors (Lipinski definition) is 0. The van der Waals surface area contributed by atoms with Gasteiger partial charge >= 0.3 is 0 Å². The van der Waals surface area contributed by atoms with Crippen molar-refractivity contribution in [1.29, 1.82) is 0 Å². The van der Waals surface area contributed by atoms with E-state index in [0.29, 0.717) is 25.0 Å². The molecule has 0 aliphatic heterocycles. The Balaban J connectivity index is 2.58. The summed E-state index contributed by atoms with van der Waals surface area (Å²) in [6, 6.07) is 0. The van der Waals surface area contributed by atoms with E-state index in [0.717, 1.165) is 0 Å². The molecule has 0 saturated heterocycles. The lowest BCUT2D eigenvalue weighted by Crippen LogP contribution is -1.98. The van der Waals surface area contributed by atoms with E-state index in [1.807, 2.05) is 13.8 Å². The van der Waals surface area contributed by atoms with Gasteiger partial charge in [0.1, 0.15) is 0 Å². The van der Waals surface area contributed by atoms with Gasteiger partial charge in [-0.3, -0.25) is 0 Å². The third-order valence-corrected chi connectivity index (χ3v) is 1.19. The molecule has 0 aliphatic rings. The van der Waals surface area contributed by atoms with E-state index in [1.165, 1.54) is 0 Å². The van der Waals surface area contributed by atoms with E-state index in [4.69, 9.17) is 9.47 Å². The molecule has 0 spiro atoms. The van der Waals surface area contributed by atoms with Crippen molar-refractivity contribution in [3.8, 4) is 11.8 Å². The number of hydrogen-bond acceptors (Lipinski definition) is 4. The third kappa shape index (κ3) is 2.38. The molecule has 0 amide bonds. The topological polar surface area (TPSA) is 44.2 Å². The summed E-state index contributed by atoms with van der Waals surface area (Å²) >= 11 is 0. The Hall–Kier alpha value is -1.32. The third-order valence-electron chi connectivity index (χ3n) is 1.19. The average molecular weight is 168 g/mol. The smallest absolute Gasteiger partial charge is 0.232 e. The zero-order valence-corrected chi connectivity index (χ0v) is 7.28. The lowest BCUT2D eigenvalue weighted by Gasteiger charge is -2.02. The maximum Gasteiger partial charge on any atom is 0.232 e. The second kappa shape index (κ2) is 4.54. The molecule has 4 heteroatoms. The Morgan fingerprint density at radius 2 is 1.42 bits per heavy atom. The van der Waals surface area contributed by atoms with Crippen LogP contribution in [-0.2, 0) is 0 Å². The molecule has 12 heavy (non-hydrogen) atoms. The first-order valence-electron chi connectivity index (χ1n) is 3.94. The highest BCUT2D eigenvalue weighted by Crippen LogP contribution is 2.08. The highest BCUT2D eigenvalue weighted by Gasteiger charge is 1.96. The maximum absolute atomic E-state index is 5.11. The fourth-order valence-electron chi connectivity index (χ4n) is 0.749. The second-order valence-corrected chi connectivity index (χ2v) is 2.06. The van der Waals surface area contributed by atoms with Crippen LogP contribution in [0.1, 0.15) is 13.8 Å². The van der Waals surface area contributed by atoms with Gasteiger partial charge in [-0.1, -0.05) is 0 Å². The molecule has 0 bridgehead atoms. The molecule has 1 rings (SSSR count). The van der Waals surface area contributed by atoms with Gasteiger partial charge in [-0.25, -0.2) is 9.97 Å². The fraction of sp³-hybridized carbons (Fsp3) is 0.500. The highest BCUT2D eigenvalue weighted by molar-refractivity contribution is 5.10. The van der Waals surface area contributed by atoms with Crippen LogP contribution < -0.4 is 9.47 Å². The van der Waals surface area contributed by atoms with Gasteiger partial charge in [0, 0.05) is 0 Å². The Morgan fingerprint density at radius 3 is 1.67 bits per heavy atom. The molecule has 1 aromatic heterocycles. The van der Waals surface area contributed by atoms with Crippen molar-refractivity contribution in [2.45, 2.75) is 13.8 Å². The number of nitrogens with zero attached hydrogens (tertiary/aromatic N) is 2. The van der Waals surface area contributed by atoms with Crippen LogP contribution >= 0.6 is 0 Å². The van der Waals surface area contributed by atoms with Gasteiger partial charge in [0.05, 0.1) is 25.6 Å². The van der Waals surface area contributed by atoms with Gasteiger partial charge in [-0.05, 0) is 13.8 Å². The number of aromatic nitrogens is 2. The molecule has 0 unspecified atom stereocenters. The minimum Gasteiger partial charge on any atom is -0.477 e. The van der Waals surface area contributed by atoms with E-state index in [1.54, 1.807) is 12.4 Å². The number of rotatable bonds is 4. The summed E-state index contributed by atoms with van der Waals surface area (Å²) in [6.45, 7) is 5.00. The summed E-state index contributed by atoms with van der Waals surface area (Å²) in [4.78, 5) is 7.95.